The Hall–Kier alpha value is -7.41. The molecule has 0 atom stereocenters. The highest BCUT2D eigenvalue weighted by molar-refractivity contribution is 7.99. The second kappa shape index (κ2) is 13.8. The molecule has 0 N–H and O–H groups in total. The summed E-state index contributed by atoms with van der Waals surface area (Å²) in [7, 11) is 0. The number of rotatable bonds is 6. The summed E-state index contributed by atoms with van der Waals surface area (Å²) in [6.07, 6.45) is 0. The first kappa shape index (κ1) is 35.5. The van der Waals surface area contributed by atoms with Crippen molar-refractivity contribution in [1.29, 1.82) is 0 Å². The van der Waals surface area contributed by atoms with Crippen molar-refractivity contribution in [2.45, 2.75) is 15.2 Å². The summed E-state index contributed by atoms with van der Waals surface area (Å²) < 4.78 is 35.6. The first-order valence-electron chi connectivity index (χ1n) is 20.3. The molecule has 2 aliphatic rings. The standard InChI is InChI=1S/C55H34F2N2OS/c56-35-24-28-38(29-25-35)58(39-30-26-36(57)27-31-39)48-19-11-21-50-53(48)43-15-10-20-49(54(43)60-50)59(37-12-2-1-3-13-37)40-32-33-42-41-14-4-5-16-44(41)55(47(42)34-40)45-17-6-8-22-51(45)61-52-23-9-7-18-46(52)55/h1-34H. The van der Waals surface area contributed by atoms with Crippen LogP contribution < -0.4 is 9.80 Å². The lowest BCUT2D eigenvalue weighted by molar-refractivity contribution is 0.628. The number of hydrogen-bond donors (Lipinski definition) is 0. The zero-order chi connectivity index (χ0) is 40.7. The number of nitrogens with zero attached hydrogens (tertiary/aromatic N) is 2. The van der Waals surface area contributed by atoms with Gasteiger partial charge in [-0.15, -0.1) is 0 Å². The summed E-state index contributed by atoms with van der Waals surface area (Å²) in [5.74, 6) is -0.671. The Kier molecular flexibility index (Phi) is 8.06. The van der Waals surface area contributed by atoms with E-state index >= 15 is 0 Å². The van der Waals surface area contributed by atoms with Gasteiger partial charge >= 0.3 is 0 Å². The number of halogens is 2. The molecule has 0 radical (unpaired) electrons. The molecule has 3 nitrogen and oxygen atoms in total. The van der Waals surface area contributed by atoms with Crippen molar-refractivity contribution >= 4 is 67.8 Å². The molecule has 1 spiro atoms. The fraction of sp³-hybridized carbons (Fsp3) is 0.0182. The van der Waals surface area contributed by atoms with Gasteiger partial charge in [0.25, 0.3) is 0 Å². The third-order valence-electron chi connectivity index (χ3n) is 12.2. The second-order valence-corrected chi connectivity index (χ2v) is 16.6. The lowest BCUT2D eigenvalue weighted by Crippen LogP contribution is -2.32. The molecule has 0 saturated heterocycles. The fourth-order valence-electron chi connectivity index (χ4n) is 9.77. The summed E-state index contributed by atoms with van der Waals surface area (Å²) in [4.78, 5) is 6.84. The summed E-state index contributed by atoms with van der Waals surface area (Å²) in [6.45, 7) is 0. The van der Waals surface area contributed by atoms with E-state index in [0.29, 0.717) is 5.58 Å². The molecule has 2 heterocycles. The van der Waals surface area contributed by atoms with E-state index in [-0.39, 0.29) is 11.6 Å². The van der Waals surface area contributed by atoms with Crippen molar-refractivity contribution in [3.8, 4) is 11.1 Å². The van der Waals surface area contributed by atoms with Gasteiger partial charge in [-0.1, -0.05) is 115 Å². The molecular weight excluding hydrogens is 775 g/mol. The van der Waals surface area contributed by atoms with Gasteiger partial charge in [0.05, 0.1) is 22.2 Å². The number of para-hydroxylation sites is 2. The van der Waals surface area contributed by atoms with Crippen LogP contribution in [0.15, 0.2) is 220 Å². The Morgan fingerprint density at radius 2 is 0.934 bits per heavy atom. The van der Waals surface area contributed by atoms with Crippen LogP contribution in [-0.4, -0.2) is 0 Å². The van der Waals surface area contributed by atoms with E-state index in [0.717, 1.165) is 50.5 Å². The Morgan fingerprint density at radius 3 is 1.62 bits per heavy atom. The van der Waals surface area contributed by atoms with E-state index < -0.39 is 5.41 Å². The average molecular weight is 809 g/mol. The molecule has 0 fully saturated rings. The van der Waals surface area contributed by atoms with Crippen LogP contribution in [0.2, 0.25) is 0 Å². The summed E-state index contributed by atoms with van der Waals surface area (Å²) in [5.41, 5.74) is 13.6. The zero-order valence-corrected chi connectivity index (χ0v) is 33.4. The van der Waals surface area contributed by atoms with Gasteiger partial charge in [-0.25, -0.2) is 8.78 Å². The number of anilines is 6. The molecule has 0 amide bonds. The number of benzene rings is 9. The van der Waals surface area contributed by atoms with Gasteiger partial charge in [0.2, 0.25) is 0 Å². The van der Waals surface area contributed by atoms with Crippen molar-refractivity contribution in [3.05, 3.63) is 240 Å². The van der Waals surface area contributed by atoms with Gasteiger partial charge in [-0.2, -0.15) is 0 Å². The van der Waals surface area contributed by atoms with E-state index in [9.17, 15) is 8.78 Å². The van der Waals surface area contributed by atoms with Crippen LogP contribution in [0.1, 0.15) is 22.3 Å². The highest BCUT2D eigenvalue weighted by Crippen LogP contribution is 2.63. The van der Waals surface area contributed by atoms with Crippen LogP contribution in [0.3, 0.4) is 0 Å². The summed E-state index contributed by atoms with van der Waals surface area (Å²) in [6, 6.07) is 69.0. The molecule has 6 heteroatoms. The van der Waals surface area contributed by atoms with E-state index in [1.807, 2.05) is 40.9 Å². The molecular formula is C55H34F2N2OS. The molecule has 0 unspecified atom stereocenters. The number of hydrogen-bond acceptors (Lipinski definition) is 4. The van der Waals surface area contributed by atoms with Crippen LogP contribution in [0.4, 0.5) is 42.9 Å². The van der Waals surface area contributed by atoms with E-state index in [1.54, 1.807) is 24.3 Å². The summed E-state index contributed by atoms with van der Waals surface area (Å²) in [5, 5.41) is 1.80. The van der Waals surface area contributed by atoms with Gasteiger partial charge in [-0.3, -0.25) is 0 Å². The van der Waals surface area contributed by atoms with E-state index in [4.69, 9.17) is 4.42 Å². The molecule has 1 aromatic heterocycles. The average Bonchev–Trinajstić information content (AvgIpc) is 3.83. The quantitative estimate of drug-likeness (QED) is 0.167. The van der Waals surface area contributed by atoms with Crippen LogP contribution in [0.5, 0.6) is 0 Å². The lowest BCUT2D eigenvalue weighted by atomic mass is 9.67. The van der Waals surface area contributed by atoms with Gasteiger partial charge in [0.1, 0.15) is 17.2 Å². The maximum absolute atomic E-state index is 14.3. The first-order valence-corrected chi connectivity index (χ1v) is 21.1. The van der Waals surface area contributed by atoms with Gasteiger partial charge < -0.3 is 14.2 Å². The Bertz CT molecular complexity index is 3230. The van der Waals surface area contributed by atoms with Gasteiger partial charge in [-0.05, 0) is 137 Å². The molecule has 9 aromatic carbocycles. The lowest BCUT2D eigenvalue weighted by Gasteiger charge is -2.40. The Balaban J connectivity index is 1.10. The summed E-state index contributed by atoms with van der Waals surface area (Å²) >= 11 is 1.84. The molecule has 10 aromatic rings. The smallest absolute Gasteiger partial charge is 0.159 e. The first-order chi connectivity index (χ1) is 30.1. The van der Waals surface area contributed by atoms with Crippen molar-refractivity contribution in [1.82, 2.24) is 0 Å². The predicted octanol–water partition coefficient (Wildman–Crippen LogP) is 15.6. The third kappa shape index (κ3) is 5.35. The van der Waals surface area contributed by atoms with Crippen molar-refractivity contribution in [3.63, 3.8) is 0 Å². The highest BCUT2D eigenvalue weighted by Gasteiger charge is 2.50. The van der Waals surface area contributed by atoms with Crippen LogP contribution in [-0.2, 0) is 5.41 Å². The highest BCUT2D eigenvalue weighted by atomic mass is 32.2. The SMILES string of the molecule is Fc1ccc(N(c2ccc(F)cc2)c2cccc3oc4c(N(c5ccccc5)c5ccc6c(c5)C5(c7ccccc7Sc7ccccc75)c5ccccc5-6)cccc4c23)cc1. The monoisotopic (exact) mass is 808 g/mol. The third-order valence-corrected chi connectivity index (χ3v) is 13.4. The molecule has 0 saturated carbocycles. The molecule has 1 aliphatic heterocycles. The molecule has 0 bridgehead atoms. The molecule has 290 valence electrons. The second-order valence-electron chi connectivity index (χ2n) is 15.5. The van der Waals surface area contributed by atoms with Crippen molar-refractivity contribution < 1.29 is 13.2 Å². The topological polar surface area (TPSA) is 19.6 Å². The Morgan fingerprint density at radius 1 is 0.410 bits per heavy atom. The number of furan rings is 1. The minimum atomic E-state index is -0.535. The maximum Gasteiger partial charge on any atom is 0.159 e. The minimum Gasteiger partial charge on any atom is -0.454 e. The molecule has 12 rings (SSSR count). The van der Waals surface area contributed by atoms with E-state index in [1.165, 1.54) is 67.4 Å². The Labute approximate surface area is 355 Å². The predicted molar refractivity (Wildman–Crippen MR) is 244 cm³/mol. The van der Waals surface area contributed by atoms with E-state index in [2.05, 4.69) is 138 Å². The minimum absolute atomic E-state index is 0.336. The van der Waals surface area contributed by atoms with Gasteiger partial charge in [0, 0.05) is 37.9 Å². The van der Waals surface area contributed by atoms with Crippen molar-refractivity contribution in [2.75, 3.05) is 9.80 Å². The zero-order valence-electron chi connectivity index (χ0n) is 32.6. The van der Waals surface area contributed by atoms with Crippen molar-refractivity contribution in [2.24, 2.45) is 0 Å². The van der Waals surface area contributed by atoms with Crippen LogP contribution >= 0.6 is 11.8 Å². The number of fused-ring (bicyclic) bond motifs is 12. The molecule has 61 heavy (non-hydrogen) atoms. The maximum atomic E-state index is 14.3. The fourth-order valence-corrected chi connectivity index (χ4v) is 11.0. The molecule has 1 aliphatic carbocycles. The van der Waals surface area contributed by atoms with Gasteiger partial charge in [0.15, 0.2) is 5.58 Å². The largest absolute Gasteiger partial charge is 0.454 e. The van der Waals surface area contributed by atoms with Crippen LogP contribution in [0, 0.1) is 11.6 Å². The van der Waals surface area contributed by atoms with Crippen LogP contribution in [0.25, 0.3) is 33.1 Å². The normalized spacial score (nSPS) is 13.1.